The summed E-state index contributed by atoms with van der Waals surface area (Å²) in [4.78, 5) is 50.6. The van der Waals surface area contributed by atoms with Crippen LogP contribution < -0.4 is 16.0 Å². The number of amides is 1. The van der Waals surface area contributed by atoms with Crippen molar-refractivity contribution in [1.82, 2.24) is 29.3 Å². The van der Waals surface area contributed by atoms with E-state index in [1.54, 1.807) is 30.7 Å². The Hall–Kier alpha value is -3.95. The van der Waals surface area contributed by atoms with E-state index >= 15 is 0 Å². The van der Waals surface area contributed by atoms with Gasteiger partial charge in [0.25, 0.3) is 5.56 Å². The normalized spacial score (nSPS) is 16.2. The Morgan fingerprint density at radius 3 is 2.41 bits per heavy atom. The number of methoxy groups -OCH3 is 1. The molecule has 10 heteroatoms. The van der Waals surface area contributed by atoms with Crippen molar-refractivity contribution in [3.8, 4) is 5.75 Å². The number of nitrogens with one attached hydrogen (secondary N) is 1. The summed E-state index contributed by atoms with van der Waals surface area (Å²) in [6.45, 7) is 7.39. The number of benzene rings is 1. The number of aromatic amines is 1. The predicted octanol–water partition coefficient (Wildman–Crippen LogP) is 2.41. The topological polar surface area (TPSA) is 113 Å². The molecule has 2 aliphatic rings. The molecule has 1 aliphatic heterocycles. The van der Waals surface area contributed by atoms with Crippen molar-refractivity contribution in [3.05, 3.63) is 69.9 Å². The summed E-state index contributed by atoms with van der Waals surface area (Å²) >= 11 is 0. The molecule has 1 saturated carbocycles. The second-order valence-electron chi connectivity index (χ2n) is 9.39. The summed E-state index contributed by atoms with van der Waals surface area (Å²) in [5, 5.41) is 0.441. The molecule has 0 radical (unpaired) electrons. The van der Waals surface area contributed by atoms with Crippen molar-refractivity contribution in [3.63, 3.8) is 0 Å². The van der Waals surface area contributed by atoms with Crippen molar-refractivity contribution in [2.45, 2.75) is 32.1 Å². The molecule has 1 saturated heterocycles. The van der Waals surface area contributed by atoms with Crippen molar-refractivity contribution >= 4 is 22.5 Å². The third kappa shape index (κ3) is 6.07. The van der Waals surface area contributed by atoms with Crippen LogP contribution in [-0.2, 0) is 11.8 Å². The van der Waals surface area contributed by atoms with E-state index in [0.717, 1.165) is 55.0 Å². The van der Waals surface area contributed by atoms with E-state index in [1.807, 2.05) is 11.0 Å². The van der Waals surface area contributed by atoms with Gasteiger partial charge < -0.3 is 19.5 Å². The van der Waals surface area contributed by atoms with Gasteiger partial charge in [0.05, 0.1) is 29.4 Å². The number of carbonyl (C=O) groups is 1. The van der Waals surface area contributed by atoms with Gasteiger partial charge in [-0.15, -0.1) is 0 Å². The molecule has 1 N–H and O–H groups in total. The molecule has 2 aromatic heterocycles. The van der Waals surface area contributed by atoms with Crippen molar-refractivity contribution in [1.29, 1.82) is 0 Å². The number of piperazine rings is 1. The van der Waals surface area contributed by atoms with Crippen LogP contribution in [0.15, 0.2) is 53.0 Å². The first kappa shape index (κ1) is 26.1. The lowest BCUT2D eigenvalue weighted by atomic mass is 9.88. The van der Waals surface area contributed by atoms with E-state index in [1.165, 1.54) is 33.4 Å². The van der Waals surface area contributed by atoms with E-state index in [2.05, 4.69) is 26.4 Å². The van der Waals surface area contributed by atoms with Gasteiger partial charge in [-0.25, -0.2) is 14.8 Å². The number of ether oxygens (including phenoxy) is 1. The van der Waals surface area contributed by atoms with Crippen LogP contribution in [0.2, 0.25) is 0 Å². The number of rotatable bonds is 4. The molecule has 10 nitrogen and oxygen atoms in total. The molecule has 3 heterocycles. The number of aromatic nitrogens is 4. The maximum absolute atomic E-state index is 12.6. The van der Waals surface area contributed by atoms with Gasteiger partial charge in [0.15, 0.2) is 0 Å². The summed E-state index contributed by atoms with van der Waals surface area (Å²) < 4.78 is 6.04. The Bertz CT molecular complexity index is 1350. The van der Waals surface area contributed by atoms with E-state index in [0.29, 0.717) is 22.6 Å². The lowest BCUT2D eigenvalue weighted by molar-refractivity contribution is -0.137. The van der Waals surface area contributed by atoms with Gasteiger partial charge in [-0.1, -0.05) is 25.8 Å². The molecular weight excluding hydrogens is 472 g/mol. The molecule has 3 aromatic rings. The largest absolute Gasteiger partial charge is 0.497 e. The SMILES string of the molecule is C=C(c1ccncn1)N1CCN(C(=O)C2CCCCC2)CC1.COc1ccc2[nH]c(=O)n(C)c(=O)c2c1. The monoisotopic (exact) mass is 506 g/mol. The zero-order valence-corrected chi connectivity index (χ0v) is 21.5. The molecule has 37 heavy (non-hydrogen) atoms. The summed E-state index contributed by atoms with van der Waals surface area (Å²) in [5.74, 6) is 1.23. The Balaban J connectivity index is 0.000000186. The Kier molecular flexibility index (Phi) is 8.37. The van der Waals surface area contributed by atoms with Crippen molar-refractivity contribution in [2.75, 3.05) is 33.3 Å². The number of H-pyrrole nitrogens is 1. The number of hydrogen-bond acceptors (Lipinski definition) is 7. The highest BCUT2D eigenvalue weighted by atomic mass is 16.5. The first-order valence-electron chi connectivity index (χ1n) is 12.6. The highest BCUT2D eigenvalue weighted by Crippen LogP contribution is 2.26. The van der Waals surface area contributed by atoms with Gasteiger partial charge in [0.1, 0.15) is 12.1 Å². The second kappa shape index (κ2) is 11.9. The van der Waals surface area contributed by atoms with Crippen molar-refractivity contribution in [2.24, 2.45) is 13.0 Å². The summed E-state index contributed by atoms with van der Waals surface area (Å²) in [6.07, 6.45) is 9.14. The van der Waals surface area contributed by atoms with Crippen LogP contribution in [0.1, 0.15) is 37.8 Å². The molecular formula is C27H34N6O4. The number of hydrogen-bond donors (Lipinski definition) is 1. The molecule has 1 amide bonds. The maximum atomic E-state index is 12.6. The van der Waals surface area contributed by atoms with Gasteiger partial charge in [0.2, 0.25) is 5.91 Å². The number of nitrogens with zero attached hydrogens (tertiary/aromatic N) is 5. The van der Waals surface area contributed by atoms with Gasteiger partial charge in [0, 0.05) is 45.3 Å². The summed E-state index contributed by atoms with van der Waals surface area (Å²) in [6, 6.07) is 6.82. The van der Waals surface area contributed by atoms with Crippen LogP contribution >= 0.6 is 0 Å². The Morgan fingerprint density at radius 1 is 1.05 bits per heavy atom. The van der Waals surface area contributed by atoms with Gasteiger partial charge >= 0.3 is 5.69 Å². The fourth-order valence-corrected chi connectivity index (χ4v) is 4.84. The van der Waals surface area contributed by atoms with Crippen LogP contribution in [-0.4, -0.2) is 68.5 Å². The van der Waals surface area contributed by atoms with E-state index < -0.39 is 5.69 Å². The zero-order valence-electron chi connectivity index (χ0n) is 21.5. The molecule has 1 aromatic carbocycles. The molecule has 5 rings (SSSR count). The first-order valence-corrected chi connectivity index (χ1v) is 12.6. The smallest absolute Gasteiger partial charge is 0.328 e. The van der Waals surface area contributed by atoms with E-state index in [9.17, 15) is 14.4 Å². The Morgan fingerprint density at radius 2 is 1.76 bits per heavy atom. The van der Waals surface area contributed by atoms with Crippen molar-refractivity contribution < 1.29 is 9.53 Å². The maximum Gasteiger partial charge on any atom is 0.328 e. The third-order valence-corrected chi connectivity index (χ3v) is 7.11. The molecule has 2 fully saturated rings. The molecule has 196 valence electrons. The highest BCUT2D eigenvalue weighted by molar-refractivity contribution is 5.79. The molecule has 0 spiro atoms. The van der Waals surface area contributed by atoms with Gasteiger partial charge in [-0.3, -0.25) is 14.2 Å². The standard InChI is InChI=1S/C17H24N4O.C10H10N2O3/c1-14(16-7-8-18-13-19-16)20-9-11-21(12-10-20)17(22)15-5-3-2-4-6-15;1-12-9(13)7-5-6(15-2)3-4-8(7)11-10(12)14/h7-8,13,15H,1-6,9-12H2;3-5H,1-2H3,(H,11,14). The third-order valence-electron chi connectivity index (χ3n) is 7.11. The lowest BCUT2D eigenvalue weighted by Crippen LogP contribution is -2.49. The molecule has 0 unspecified atom stereocenters. The minimum absolute atomic E-state index is 0.269. The minimum Gasteiger partial charge on any atom is -0.497 e. The summed E-state index contributed by atoms with van der Waals surface area (Å²) in [7, 11) is 2.96. The van der Waals surface area contributed by atoms with Crippen LogP contribution in [0.5, 0.6) is 5.75 Å². The number of carbonyl (C=O) groups excluding carboxylic acids is 1. The average molecular weight is 507 g/mol. The summed E-state index contributed by atoms with van der Waals surface area (Å²) in [5.41, 5.74) is 1.56. The Labute approximate surface area is 215 Å². The molecule has 0 bridgehead atoms. The van der Waals surface area contributed by atoms with Crippen LogP contribution in [0.4, 0.5) is 0 Å². The highest BCUT2D eigenvalue weighted by Gasteiger charge is 2.28. The quantitative estimate of drug-likeness (QED) is 0.578. The lowest BCUT2D eigenvalue weighted by Gasteiger charge is -2.38. The predicted molar refractivity (Wildman–Crippen MR) is 142 cm³/mol. The van der Waals surface area contributed by atoms with Gasteiger partial charge in [-0.2, -0.15) is 0 Å². The minimum atomic E-state index is -0.419. The number of fused-ring (bicyclic) bond motifs is 1. The van der Waals surface area contributed by atoms with Crippen LogP contribution in [0.25, 0.3) is 16.6 Å². The van der Waals surface area contributed by atoms with E-state index in [-0.39, 0.29) is 11.5 Å². The molecule has 1 aliphatic carbocycles. The fraction of sp³-hybridized carbons (Fsp3) is 0.444. The fourth-order valence-electron chi connectivity index (χ4n) is 4.84. The average Bonchev–Trinajstić information content (AvgIpc) is 2.96. The van der Waals surface area contributed by atoms with Crippen LogP contribution in [0.3, 0.4) is 0 Å². The first-order chi connectivity index (χ1) is 17.9. The van der Waals surface area contributed by atoms with E-state index in [4.69, 9.17) is 4.74 Å². The zero-order chi connectivity index (χ0) is 26.4. The second-order valence-corrected chi connectivity index (χ2v) is 9.39. The van der Waals surface area contributed by atoms with Crippen LogP contribution in [0, 0.1) is 5.92 Å². The van der Waals surface area contributed by atoms with Gasteiger partial charge in [-0.05, 0) is 37.1 Å². The molecule has 0 atom stereocenters.